The third-order valence-corrected chi connectivity index (χ3v) is 7.62. The van der Waals surface area contributed by atoms with Crippen LogP contribution in [0.3, 0.4) is 0 Å². The second-order valence-electron chi connectivity index (χ2n) is 8.12. The lowest BCUT2D eigenvalue weighted by molar-refractivity contribution is -0.137. The lowest BCUT2D eigenvalue weighted by Gasteiger charge is -2.31. The second-order valence-corrected chi connectivity index (χ2v) is 9.85. The van der Waals surface area contributed by atoms with Crippen LogP contribution in [0.1, 0.15) is 28.9 Å². The zero-order chi connectivity index (χ0) is 25.0. The highest BCUT2D eigenvalue weighted by molar-refractivity contribution is 7.85. The number of aromatic nitrogens is 2. The number of H-pyrrole nitrogens is 1. The number of benzene rings is 2. The molecule has 1 saturated heterocycles. The molecule has 1 aliphatic rings. The third kappa shape index (κ3) is 5.97. The first kappa shape index (κ1) is 24.6. The monoisotopic (exact) mass is 504 g/mol. The zero-order valence-corrected chi connectivity index (χ0v) is 19.4. The molecule has 1 unspecified atom stereocenters. The van der Waals surface area contributed by atoms with Gasteiger partial charge >= 0.3 is 6.18 Å². The molecule has 2 amide bonds. The second kappa shape index (κ2) is 10.4. The highest BCUT2D eigenvalue weighted by atomic mass is 32.2. The van der Waals surface area contributed by atoms with E-state index in [0.29, 0.717) is 36.5 Å². The summed E-state index contributed by atoms with van der Waals surface area (Å²) in [6.45, 7) is 0.521. The Labute approximate surface area is 202 Å². The van der Waals surface area contributed by atoms with Gasteiger partial charge in [0.1, 0.15) is 5.69 Å². The summed E-state index contributed by atoms with van der Waals surface area (Å²) in [6, 6.07) is 15.3. The van der Waals surface area contributed by atoms with Crippen molar-refractivity contribution in [2.24, 2.45) is 0 Å². The normalized spacial score (nSPS) is 15.6. The molecule has 1 aliphatic heterocycles. The van der Waals surface area contributed by atoms with Crippen molar-refractivity contribution in [1.29, 1.82) is 0 Å². The molecular formula is C24H23F3N4O3S. The van der Waals surface area contributed by atoms with Crippen molar-refractivity contribution in [3.8, 4) is 11.3 Å². The molecule has 4 rings (SSSR count). The summed E-state index contributed by atoms with van der Waals surface area (Å²) < 4.78 is 51.0. The van der Waals surface area contributed by atoms with Gasteiger partial charge < -0.3 is 10.2 Å². The largest absolute Gasteiger partial charge is 0.416 e. The zero-order valence-electron chi connectivity index (χ0n) is 18.5. The number of alkyl halides is 3. The molecule has 1 aromatic heterocycles. The van der Waals surface area contributed by atoms with Crippen molar-refractivity contribution in [2.45, 2.75) is 29.2 Å². The van der Waals surface area contributed by atoms with E-state index in [0.717, 1.165) is 17.7 Å². The van der Waals surface area contributed by atoms with Crippen molar-refractivity contribution in [1.82, 2.24) is 20.4 Å². The van der Waals surface area contributed by atoms with Crippen LogP contribution < -0.4 is 5.32 Å². The Hall–Kier alpha value is -3.47. The fourth-order valence-electron chi connectivity index (χ4n) is 3.85. The Morgan fingerprint density at radius 2 is 1.71 bits per heavy atom. The molecule has 11 heteroatoms. The van der Waals surface area contributed by atoms with Crippen molar-refractivity contribution >= 4 is 22.6 Å². The number of hydrogen-bond acceptors (Lipinski definition) is 4. The lowest BCUT2D eigenvalue weighted by atomic mass is 10.1. The highest BCUT2D eigenvalue weighted by Crippen LogP contribution is 2.30. The molecule has 2 aromatic carbocycles. The average Bonchev–Trinajstić information content (AvgIpc) is 3.37. The Balaban J connectivity index is 1.25. The number of nitrogens with one attached hydrogen (secondary N) is 2. The number of aromatic amines is 1. The van der Waals surface area contributed by atoms with Crippen LogP contribution in [-0.2, 0) is 21.8 Å². The number of carbonyl (C=O) groups excluding carboxylic acids is 2. The van der Waals surface area contributed by atoms with Gasteiger partial charge in [-0.15, -0.1) is 0 Å². The van der Waals surface area contributed by atoms with Crippen LogP contribution in [0.25, 0.3) is 11.3 Å². The summed E-state index contributed by atoms with van der Waals surface area (Å²) in [5, 5.41) is 9.12. The SMILES string of the molecule is O=C(NCC(=O)N1CCC(S(=O)c2ccc(C(F)(F)F)cc2)CC1)c1cc(-c2ccccc2)n[nH]1. The topological polar surface area (TPSA) is 95.2 Å². The standard InChI is InChI=1S/C24H23F3N4O3S/c25-24(26,27)17-6-8-18(9-7-17)35(34)19-10-12-31(13-11-19)22(32)15-28-23(33)21-14-20(29-30-21)16-4-2-1-3-5-16/h1-9,14,19H,10-13,15H2,(H,28,33)(H,29,30). The predicted molar refractivity (Wildman–Crippen MR) is 124 cm³/mol. The molecule has 35 heavy (non-hydrogen) atoms. The smallest absolute Gasteiger partial charge is 0.342 e. The number of carbonyl (C=O) groups is 2. The molecule has 0 bridgehead atoms. The van der Waals surface area contributed by atoms with Gasteiger partial charge in [0.25, 0.3) is 5.91 Å². The summed E-state index contributed by atoms with van der Waals surface area (Å²) in [5.74, 6) is -0.716. The van der Waals surface area contributed by atoms with Crippen LogP contribution in [0, 0.1) is 0 Å². The molecule has 0 radical (unpaired) electrons. The van der Waals surface area contributed by atoms with E-state index in [-0.39, 0.29) is 23.4 Å². The molecule has 2 heterocycles. The minimum atomic E-state index is -4.44. The molecule has 0 saturated carbocycles. The van der Waals surface area contributed by atoms with E-state index in [9.17, 15) is 27.0 Å². The van der Waals surface area contributed by atoms with Gasteiger partial charge in [-0.1, -0.05) is 30.3 Å². The van der Waals surface area contributed by atoms with Crippen molar-refractivity contribution in [3.63, 3.8) is 0 Å². The highest BCUT2D eigenvalue weighted by Gasteiger charge is 2.31. The molecule has 0 aliphatic carbocycles. The Bertz CT molecular complexity index is 1200. The predicted octanol–water partition coefficient (Wildman–Crippen LogP) is 3.62. The van der Waals surface area contributed by atoms with Gasteiger partial charge in [0.15, 0.2) is 0 Å². The van der Waals surface area contributed by atoms with Gasteiger partial charge in [0.2, 0.25) is 5.91 Å². The van der Waals surface area contributed by atoms with Gasteiger partial charge in [0.05, 0.1) is 28.6 Å². The van der Waals surface area contributed by atoms with E-state index in [1.165, 1.54) is 12.1 Å². The van der Waals surface area contributed by atoms with E-state index in [1.54, 1.807) is 11.0 Å². The Morgan fingerprint density at radius 3 is 2.34 bits per heavy atom. The first-order valence-electron chi connectivity index (χ1n) is 11.0. The van der Waals surface area contributed by atoms with Crippen LogP contribution in [-0.4, -0.2) is 56.0 Å². The minimum absolute atomic E-state index is 0.189. The first-order chi connectivity index (χ1) is 16.7. The summed E-state index contributed by atoms with van der Waals surface area (Å²) in [4.78, 5) is 26.9. The van der Waals surface area contributed by atoms with E-state index in [4.69, 9.17) is 0 Å². The molecule has 1 atom stereocenters. The number of rotatable bonds is 6. The maximum absolute atomic E-state index is 12.8. The van der Waals surface area contributed by atoms with Gasteiger partial charge in [-0.3, -0.25) is 18.9 Å². The number of piperidine rings is 1. The summed E-state index contributed by atoms with van der Waals surface area (Å²) in [5.41, 5.74) is 0.926. The molecular weight excluding hydrogens is 481 g/mol. The van der Waals surface area contributed by atoms with E-state index >= 15 is 0 Å². The number of hydrogen-bond donors (Lipinski definition) is 2. The van der Waals surface area contributed by atoms with Crippen LogP contribution in [0.2, 0.25) is 0 Å². The van der Waals surface area contributed by atoms with E-state index in [1.807, 2.05) is 30.3 Å². The fourth-order valence-corrected chi connectivity index (χ4v) is 5.28. The average molecular weight is 505 g/mol. The molecule has 2 N–H and O–H groups in total. The van der Waals surface area contributed by atoms with Crippen molar-refractivity contribution in [2.75, 3.05) is 19.6 Å². The number of likely N-dealkylation sites (tertiary alicyclic amines) is 1. The maximum atomic E-state index is 12.8. The third-order valence-electron chi connectivity index (χ3n) is 5.80. The van der Waals surface area contributed by atoms with E-state index < -0.39 is 28.4 Å². The van der Waals surface area contributed by atoms with Gasteiger partial charge in [-0.2, -0.15) is 18.3 Å². The van der Waals surface area contributed by atoms with Crippen LogP contribution in [0.15, 0.2) is 65.6 Å². The minimum Gasteiger partial charge on any atom is -0.342 e. The first-order valence-corrected chi connectivity index (χ1v) is 12.2. The Morgan fingerprint density at radius 1 is 1.06 bits per heavy atom. The fraction of sp³-hybridized carbons (Fsp3) is 0.292. The lowest BCUT2D eigenvalue weighted by Crippen LogP contribution is -2.45. The summed E-state index contributed by atoms with van der Waals surface area (Å²) in [7, 11) is -1.47. The van der Waals surface area contributed by atoms with Crippen molar-refractivity contribution in [3.05, 3.63) is 71.9 Å². The van der Waals surface area contributed by atoms with Crippen LogP contribution >= 0.6 is 0 Å². The number of amides is 2. The summed E-state index contributed by atoms with van der Waals surface area (Å²) >= 11 is 0. The van der Waals surface area contributed by atoms with E-state index in [2.05, 4.69) is 15.5 Å². The quantitative estimate of drug-likeness (QED) is 0.536. The maximum Gasteiger partial charge on any atom is 0.416 e. The molecule has 1 fully saturated rings. The summed E-state index contributed by atoms with van der Waals surface area (Å²) in [6.07, 6.45) is -3.54. The molecule has 3 aromatic rings. The molecule has 7 nitrogen and oxygen atoms in total. The molecule has 184 valence electrons. The van der Waals surface area contributed by atoms with Gasteiger partial charge in [-0.05, 0) is 43.2 Å². The van der Waals surface area contributed by atoms with Crippen LogP contribution in [0.5, 0.6) is 0 Å². The van der Waals surface area contributed by atoms with Crippen molar-refractivity contribution < 1.29 is 27.0 Å². The Kier molecular flexibility index (Phi) is 7.34. The van der Waals surface area contributed by atoms with Gasteiger partial charge in [-0.25, -0.2) is 0 Å². The van der Waals surface area contributed by atoms with Gasteiger partial charge in [0, 0.05) is 28.8 Å². The number of nitrogens with zero attached hydrogens (tertiary/aromatic N) is 2. The van der Waals surface area contributed by atoms with Crippen LogP contribution in [0.4, 0.5) is 13.2 Å². The molecule has 0 spiro atoms. The number of halogens is 3.